The highest BCUT2D eigenvalue weighted by molar-refractivity contribution is 7.99. The Bertz CT molecular complexity index is 932. The molecule has 0 unspecified atom stereocenters. The molecular formula is C20H24ClF2N5O2S. The van der Waals surface area contributed by atoms with E-state index in [1.165, 1.54) is 30.0 Å². The number of halogens is 3. The first-order valence-electron chi connectivity index (χ1n) is 10.3. The van der Waals surface area contributed by atoms with E-state index in [4.69, 9.17) is 11.6 Å². The summed E-state index contributed by atoms with van der Waals surface area (Å²) in [5.74, 6) is 1.40. The first-order chi connectivity index (χ1) is 14.9. The molecule has 0 bridgehead atoms. The Balaban J connectivity index is 1.37. The molecule has 2 aromatic rings. The number of rotatable bonds is 8. The molecule has 1 saturated carbocycles. The molecule has 1 aromatic heterocycles. The van der Waals surface area contributed by atoms with Gasteiger partial charge in [-0.25, -0.2) is 0 Å². The molecule has 168 valence electrons. The van der Waals surface area contributed by atoms with Crippen molar-refractivity contribution in [1.29, 1.82) is 0 Å². The summed E-state index contributed by atoms with van der Waals surface area (Å²) < 4.78 is 31.1. The highest BCUT2D eigenvalue weighted by Gasteiger charge is 2.32. The van der Waals surface area contributed by atoms with Gasteiger partial charge in [-0.3, -0.25) is 9.36 Å². The number of nitrogens with zero attached hydrogens (tertiary/aromatic N) is 4. The predicted octanol–water partition coefficient (Wildman–Crippen LogP) is 4.83. The average Bonchev–Trinajstić information content (AvgIpc) is 3.48. The third kappa shape index (κ3) is 5.60. The lowest BCUT2D eigenvalue weighted by Gasteiger charge is -2.31. The van der Waals surface area contributed by atoms with Crippen molar-refractivity contribution in [2.24, 2.45) is 5.92 Å². The standard InChI is InChI=1S/C20H24ClF2N5O2S/c1-12-6-8-27(9-7-12)19-25-26-20(28(19)14-3-4-14)31-11-17(29)24-13-2-5-16(15(21)10-13)30-18(22)23/h2,5,10,12,14,18H,3-4,6-9,11H2,1H3,(H,24,29). The van der Waals surface area contributed by atoms with Crippen LogP contribution in [0.25, 0.3) is 0 Å². The van der Waals surface area contributed by atoms with Crippen LogP contribution in [0.4, 0.5) is 20.4 Å². The predicted molar refractivity (Wildman–Crippen MR) is 116 cm³/mol. The van der Waals surface area contributed by atoms with Gasteiger partial charge in [0.2, 0.25) is 11.9 Å². The number of thioether (sulfide) groups is 1. The van der Waals surface area contributed by atoms with Crippen LogP contribution in [0.2, 0.25) is 5.02 Å². The number of nitrogens with one attached hydrogen (secondary N) is 1. The molecule has 0 radical (unpaired) electrons. The van der Waals surface area contributed by atoms with Gasteiger partial charge in [0.15, 0.2) is 5.16 Å². The van der Waals surface area contributed by atoms with E-state index in [1.54, 1.807) is 0 Å². The van der Waals surface area contributed by atoms with Crippen molar-refractivity contribution in [2.45, 2.75) is 50.4 Å². The number of benzene rings is 1. The molecule has 11 heteroatoms. The molecule has 2 aliphatic rings. The first-order valence-corrected chi connectivity index (χ1v) is 11.6. The third-order valence-electron chi connectivity index (χ3n) is 5.39. The average molecular weight is 472 g/mol. The van der Waals surface area contributed by atoms with Crippen LogP contribution in [0.5, 0.6) is 5.75 Å². The molecular weight excluding hydrogens is 448 g/mol. The van der Waals surface area contributed by atoms with E-state index < -0.39 is 6.61 Å². The Morgan fingerprint density at radius 1 is 1.29 bits per heavy atom. The quantitative estimate of drug-likeness (QED) is 0.556. The molecule has 1 N–H and O–H groups in total. The number of amides is 1. The van der Waals surface area contributed by atoms with E-state index in [1.807, 2.05) is 0 Å². The minimum atomic E-state index is -2.96. The fourth-order valence-electron chi connectivity index (χ4n) is 3.54. The lowest BCUT2D eigenvalue weighted by molar-refractivity contribution is -0.113. The summed E-state index contributed by atoms with van der Waals surface area (Å²) >= 11 is 7.27. The molecule has 1 aromatic carbocycles. The lowest BCUT2D eigenvalue weighted by Crippen LogP contribution is -2.34. The number of alkyl halides is 2. The third-order valence-corrected chi connectivity index (χ3v) is 6.63. The first kappa shape index (κ1) is 22.1. The number of ether oxygens (including phenoxy) is 1. The Morgan fingerprint density at radius 3 is 2.68 bits per heavy atom. The van der Waals surface area contributed by atoms with Crippen molar-refractivity contribution < 1.29 is 18.3 Å². The maximum Gasteiger partial charge on any atom is 0.387 e. The van der Waals surface area contributed by atoms with Gasteiger partial charge in [-0.15, -0.1) is 10.2 Å². The molecule has 2 heterocycles. The topological polar surface area (TPSA) is 72.3 Å². The smallest absolute Gasteiger partial charge is 0.387 e. The molecule has 1 aliphatic heterocycles. The molecule has 31 heavy (non-hydrogen) atoms. The second-order valence-corrected chi connectivity index (χ2v) is 9.26. The van der Waals surface area contributed by atoms with Gasteiger partial charge < -0.3 is 15.0 Å². The van der Waals surface area contributed by atoms with Crippen LogP contribution >= 0.6 is 23.4 Å². The van der Waals surface area contributed by atoms with Crippen LogP contribution in [0.3, 0.4) is 0 Å². The molecule has 1 saturated heterocycles. The Hall–Kier alpha value is -2.07. The van der Waals surface area contributed by atoms with Crippen LogP contribution in [0.1, 0.15) is 38.6 Å². The number of piperidine rings is 1. The molecule has 1 amide bonds. The van der Waals surface area contributed by atoms with E-state index >= 15 is 0 Å². The Kier molecular flexibility index (Phi) is 6.86. The molecule has 2 fully saturated rings. The van der Waals surface area contributed by atoms with Gasteiger partial charge in [0.1, 0.15) is 5.75 Å². The zero-order chi connectivity index (χ0) is 22.0. The second-order valence-electron chi connectivity index (χ2n) is 7.91. The van der Waals surface area contributed by atoms with Crippen LogP contribution in [0, 0.1) is 5.92 Å². The maximum absolute atomic E-state index is 12.4. The largest absolute Gasteiger partial charge is 0.433 e. The lowest BCUT2D eigenvalue weighted by atomic mass is 10.00. The van der Waals surface area contributed by atoms with Crippen LogP contribution in [-0.2, 0) is 4.79 Å². The van der Waals surface area contributed by atoms with E-state index in [2.05, 4.69) is 36.6 Å². The number of hydrogen-bond acceptors (Lipinski definition) is 6. The number of aromatic nitrogens is 3. The van der Waals surface area contributed by atoms with Gasteiger partial charge in [-0.2, -0.15) is 8.78 Å². The van der Waals surface area contributed by atoms with Crippen molar-refractivity contribution in [1.82, 2.24) is 14.8 Å². The summed E-state index contributed by atoms with van der Waals surface area (Å²) in [5.41, 5.74) is 0.406. The van der Waals surface area contributed by atoms with E-state index in [-0.39, 0.29) is 22.4 Å². The van der Waals surface area contributed by atoms with Gasteiger partial charge >= 0.3 is 6.61 Å². The Labute approximate surface area is 188 Å². The van der Waals surface area contributed by atoms with Gasteiger partial charge in [0.05, 0.1) is 10.8 Å². The summed E-state index contributed by atoms with van der Waals surface area (Å²) in [6, 6.07) is 4.54. The monoisotopic (exact) mass is 471 g/mol. The fraction of sp³-hybridized carbons (Fsp3) is 0.550. The Morgan fingerprint density at radius 2 is 2.03 bits per heavy atom. The van der Waals surface area contributed by atoms with Crippen LogP contribution < -0.4 is 15.0 Å². The van der Waals surface area contributed by atoms with Crippen molar-refractivity contribution >= 4 is 40.9 Å². The minimum Gasteiger partial charge on any atom is -0.433 e. The SMILES string of the molecule is CC1CCN(c2nnc(SCC(=O)Nc3ccc(OC(F)F)c(Cl)c3)n2C2CC2)CC1. The van der Waals surface area contributed by atoms with Crippen molar-refractivity contribution in [3.8, 4) is 5.75 Å². The van der Waals surface area contributed by atoms with E-state index in [0.717, 1.165) is 55.8 Å². The highest BCUT2D eigenvalue weighted by Crippen LogP contribution is 2.41. The summed E-state index contributed by atoms with van der Waals surface area (Å²) in [6.45, 7) is 1.26. The fourth-order valence-corrected chi connectivity index (χ4v) is 4.57. The molecule has 1 aliphatic carbocycles. The van der Waals surface area contributed by atoms with Crippen molar-refractivity contribution in [2.75, 3.05) is 29.1 Å². The number of anilines is 2. The van der Waals surface area contributed by atoms with Gasteiger partial charge in [0.25, 0.3) is 0 Å². The minimum absolute atomic E-state index is 0.000258. The van der Waals surface area contributed by atoms with E-state index in [9.17, 15) is 13.6 Å². The summed E-state index contributed by atoms with van der Waals surface area (Å²) in [5, 5.41) is 12.2. The maximum atomic E-state index is 12.4. The van der Waals surface area contributed by atoms with Gasteiger partial charge in [-0.05, 0) is 49.8 Å². The van der Waals surface area contributed by atoms with Crippen LogP contribution in [-0.4, -0.2) is 46.1 Å². The van der Waals surface area contributed by atoms with Crippen molar-refractivity contribution in [3.05, 3.63) is 23.2 Å². The number of carbonyl (C=O) groups is 1. The van der Waals surface area contributed by atoms with E-state index in [0.29, 0.717) is 11.7 Å². The highest BCUT2D eigenvalue weighted by atomic mass is 35.5. The van der Waals surface area contributed by atoms with Gasteiger partial charge in [0, 0.05) is 24.8 Å². The summed E-state index contributed by atoms with van der Waals surface area (Å²) in [6.07, 6.45) is 4.49. The normalized spacial score (nSPS) is 17.3. The second kappa shape index (κ2) is 9.60. The number of carbonyl (C=O) groups excluding carboxylic acids is 1. The molecule has 4 rings (SSSR count). The zero-order valence-corrected chi connectivity index (χ0v) is 18.6. The summed E-state index contributed by atoms with van der Waals surface area (Å²) in [4.78, 5) is 14.7. The molecule has 7 nitrogen and oxygen atoms in total. The van der Waals surface area contributed by atoms with Gasteiger partial charge in [-0.1, -0.05) is 30.3 Å². The number of hydrogen-bond donors (Lipinski definition) is 1. The van der Waals surface area contributed by atoms with Crippen molar-refractivity contribution in [3.63, 3.8) is 0 Å². The molecule has 0 atom stereocenters. The van der Waals surface area contributed by atoms with Crippen LogP contribution in [0.15, 0.2) is 23.4 Å². The molecule has 0 spiro atoms. The zero-order valence-electron chi connectivity index (χ0n) is 17.1. The summed E-state index contributed by atoms with van der Waals surface area (Å²) in [7, 11) is 0.